The molecular formula is C16H20N4O. The molecule has 2 aromatic heterocycles. The predicted octanol–water partition coefficient (Wildman–Crippen LogP) is 3.40. The second kappa shape index (κ2) is 4.91. The molecule has 5 heteroatoms. The zero-order valence-corrected chi connectivity index (χ0v) is 12.8. The highest BCUT2D eigenvalue weighted by Crippen LogP contribution is 2.26. The van der Waals surface area contributed by atoms with E-state index in [1.54, 1.807) is 0 Å². The maximum Gasteiger partial charge on any atom is 0.138 e. The van der Waals surface area contributed by atoms with E-state index in [4.69, 9.17) is 15.2 Å². The summed E-state index contributed by atoms with van der Waals surface area (Å²) in [6, 6.07) is 5.87. The Balaban J connectivity index is 2.18. The molecule has 0 spiro atoms. The lowest BCUT2D eigenvalue weighted by molar-refractivity contribution is 0.392. The van der Waals surface area contributed by atoms with E-state index in [0.717, 1.165) is 46.1 Å². The quantitative estimate of drug-likeness (QED) is 0.748. The van der Waals surface area contributed by atoms with E-state index in [1.807, 2.05) is 32.0 Å². The van der Waals surface area contributed by atoms with Crippen molar-refractivity contribution in [2.24, 2.45) is 0 Å². The van der Waals surface area contributed by atoms with Crippen molar-refractivity contribution in [1.82, 2.24) is 14.7 Å². The number of benzene rings is 1. The summed E-state index contributed by atoms with van der Waals surface area (Å²) in [5, 5.41) is 4.04. The lowest BCUT2D eigenvalue weighted by atomic mass is 10.1. The second-order valence-corrected chi connectivity index (χ2v) is 5.76. The maximum absolute atomic E-state index is 5.87. The molecule has 2 N–H and O–H groups in total. The van der Waals surface area contributed by atoms with Gasteiger partial charge in [0, 0.05) is 17.2 Å². The highest BCUT2D eigenvalue weighted by atomic mass is 16.5. The molecule has 1 aromatic carbocycles. The van der Waals surface area contributed by atoms with Crippen molar-refractivity contribution in [1.29, 1.82) is 0 Å². The predicted molar refractivity (Wildman–Crippen MR) is 83.3 cm³/mol. The van der Waals surface area contributed by atoms with Crippen molar-refractivity contribution >= 4 is 16.7 Å². The van der Waals surface area contributed by atoms with Crippen LogP contribution in [0.25, 0.3) is 11.0 Å². The fourth-order valence-corrected chi connectivity index (χ4v) is 2.66. The van der Waals surface area contributed by atoms with Gasteiger partial charge >= 0.3 is 0 Å². The summed E-state index contributed by atoms with van der Waals surface area (Å²) >= 11 is 0. The first-order valence-electron chi connectivity index (χ1n) is 7.14. The Labute approximate surface area is 123 Å². The number of nitrogens with zero attached hydrogens (tertiary/aromatic N) is 3. The SMILES string of the molecule is Cc1noc(C)c1Cn1c(C(C)C)nc2cc(N)ccc21. The van der Waals surface area contributed by atoms with E-state index in [0.29, 0.717) is 5.92 Å². The number of aromatic nitrogens is 3. The molecule has 0 radical (unpaired) electrons. The summed E-state index contributed by atoms with van der Waals surface area (Å²) < 4.78 is 7.50. The van der Waals surface area contributed by atoms with Crippen molar-refractivity contribution in [2.75, 3.05) is 5.73 Å². The van der Waals surface area contributed by atoms with Crippen molar-refractivity contribution in [3.63, 3.8) is 0 Å². The number of rotatable bonds is 3. The second-order valence-electron chi connectivity index (χ2n) is 5.76. The van der Waals surface area contributed by atoms with E-state index in [-0.39, 0.29) is 0 Å². The van der Waals surface area contributed by atoms with Crippen LogP contribution in [0, 0.1) is 13.8 Å². The molecular weight excluding hydrogens is 264 g/mol. The summed E-state index contributed by atoms with van der Waals surface area (Å²) in [6.45, 7) is 8.93. The molecule has 5 nitrogen and oxygen atoms in total. The van der Waals surface area contributed by atoms with E-state index in [2.05, 4.69) is 23.6 Å². The van der Waals surface area contributed by atoms with E-state index >= 15 is 0 Å². The number of nitrogen functional groups attached to an aromatic ring is 1. The van der Waals surface area contributed by atoms with Crippen molar-refractivity contribution in [2.45, 2.75) is 40.2 Å². The zero-order chi connectivity index (χ0) is 15.1. The Hall–Kier alpha value is -2.30. The molecule has 0 aliphatic heterocycles. The molecule has 2 heterocycles. The van der Waals surface area contributed by atoms with Crippen molar-refractivity contribution in [3.05, 3.63) is 41.0 Å². The van der Waals surface area contributed by atoms with Gasteiger partial charge in [-0.25, -0.2) is 4.98 Å². The van der Waals surface area contributed by atoms with Crippen LogP contribution in [0.4, 0.5) is 5.69 Å². The van der Waals surface area contributed by atoms with Gasteiger partial charge in [-0.05, 0) is 32.0 Å². The summed E-state index contributed by atoms with van der Waals surface area (Å²) in [5.41, 5.74) is 10.7. The van der Waals surface area contributed by atoms with Gasteiger partial charge in [-0.1, -0.05) is 19.0 Å². The van der Waals surface area contributed by atoms with Gasteiger partial charge in [0.15, 0.2) is 0 Å². The smallest absolute Gasteiger partial charge is 0.138 e. The molecule has 110 valence electrons. The van der Waals surface area contributed by atoms with Gasteiger partial charge in [0.05, 0.1) is 23.3 Å². The van der Waals surface area contributed by atoms with Crippen LogP contribution < -0.4 is 5.73 Å². The first-order chi connectivity index (χ1) is 9.97. The highest BCUT2D eigenvalue weighted by Gasteiger charge is 2.17. The third-order valence-electron chi connectivity index (χ3n) is 3.82. The summed E-state index contributed by atoms with van der Waals surface area (Å²) in [7, 11) is 0. The van der Waals surface area contributed by atoms with Crippen LogP contribution in [0.1, 0.15) is 42.6 Å². The van der Waals surface area contributed by atoms with Gasteiger partial charge in [0.2, 0.25) is 0 Å². The number of hydrogen-bond acceptors (Lipinski definition) is 4. The van der Waals surface area contributed by atoms with Crippen LogP contribution in [0.3, 0.4) is 0 Å². The van der Waals surface area contributed by atoms with E-state index in [9.17, 15) is 0 Å². The summed E-state index contributed by atoms with van der Waals surface area (Å²) in [4.78, 5) is 4.74. The minimum atomic E-state index is 0.332. The van der Waals surface area contributed by atoms with E-state index < -0.39 is 0 Å². The molecule has 0 aliphatic rings. The Bertz CT molecular complexity index is 779. The number of aryl methyl sites for hydroxylation is 2. The minimum absolute atomic E-state index is 0.332. The minimum Gasteiger partial charge on any atom is -0.399 e. The fourth-order valence-electron chi connectivity index (χ4n) is 2.66. The first kappa shape index (κ1) is 13.7. The van der Waals surface area contributed by atoms with Crippen LogP contribution in [-0.2, 0) is 6.54 Å². The zero-order valence-electron chi connectivity index (χ0n) is 12.8. The average molecular weight is 284 g/mol. The molecule has 3 aromatic rings. The molecule has 3 rings (SSSR count). The molecule has 0 aliphatic carbocycles. The number of hydrogen-bond donors (Lipinski definition) is 1. The monoisotopic (exact) mass is 284 g/mol. The molecule has 0 saturated carbocycles. The van der Waals surface area contributed by atoms with Crippen LogP contribution >= 0.6 is 0 Å². The Kier molecular flexibility index (Phi) is 3.20. The van der Waals surface area contributed by atoms with Crippen LogP contribution in [0.2, 0.25) is 0 Å². The van der Waals surface area contributed by atoms with Crippen molar-refractivity contribution < 1.29 is 4.52 Å². The Morgan fingerprint density at radius 2 is 2.05 bits per heavy atom. The largest absolute Gasteiger partial charge is 0.399 e. The molecule has 21 heavy (non-hydrogen) atoms. The van der Waals surface area contributed by atoms with Gasteiger partial charge in [-0.3, -0.25) is 0 Å². The standard InChI is InChI=1S/C16H20N4O/c1-9(2)16-18-14-7-12(17)5-6-15(14)20(16)8-13-10(3)19-21-11(13)4/h5-7,9H,8,17H2,1-4H3. The number of fused-ring (bicyclic) bond motifs is 1. The van der Waals surface area contributed by atoms with Gasteiger partial charge in [0.25, 0.3) is 0 Å². The van der Waals surface area contributed by atoms with Gasteiger partial charge in [0.1, 0.15) is 11.6 Å². The van der Waals surface area contributed by atoms with Crippen LogP contribution in [0.15, 0.2) is 22.7 Å². The maximum atomic E-state index is 5.87. The number of anilines is 1. The molecule has 0 bridgehead atoms. The third-order valence-corrected chi connectivity index (χ3v) is 3.82. The van der Waals surface area contributed by atoms with Gasteiger partial charge in [-0.2, -0.15) is 0 Å². The molecule has 0 saturated heterocycles. The third kappa shape index (κ3) is 2.28. The van der Waals surface area contributed by atoms with Crippen molar-refractivity contribution in [3.8, 4) is 0 Å². The molecule has 0 fully saturated rings. The van der Waals surface area contributed by atoms with Gasteiger partial charge in [-0.15, -0.1) is 0 Å². The molecule has 0 unspecified atom stereocenters. The molecule has 0 atom stereocenters. The normalized spacial score (nSPS) is 11.7. The lowest BCUT2D eigenvalue weighted by Crippen LogP contribution is -2.07. The Morgan fingerprint density at radius 3 is 2.67 bits per heavy atom. The van der Waals surface area contributed by atoms with Crippen LogP contribution in [-0.4, -0.2) is 14.7 Å². The van der Waals surface area contributed by atoms with E-state index in [1.165, 1.54) is 0 Å². The average Bonchev–Trinajstić information content (AvgIpc) is 2.94. The number of imidazole rings is 1. The van der Waals surface area contributed by atoms with Crippen LogP contribution in [0.5, 0.6) is 0 Å². The first-order valence-corrected chi connectivity index (χ1v) is 7.14. The summed E-state index contributed by atoms with van der Waals surface area (Å²) in [6.07, 6.45) is 0. The fraction of sp³-hybridized carbons (Fsp3) is 0.375. The molecule has 0 amide bonds. The summed E-state index contributed by atoms with van der Waals surface area (Å²) in [5.74, 6) is 2.24. The Morgan fingerprint density at radius 1 is 1.29 bits per heavy atom. The number of nitrogens with two attached hydrogens (primary N) is 1. The lowest BCUT2D eigenvalue weighted by Gasteiger charge is -2.11. The topological polar surface area (TPSA) is 69.9 Å². The van der Waals surface area contributed by atoms with Gasteiger partial charge < -0.3 is 14.8 Å². The highest BCUT2D eigenvalue weighted by molar-refractivity contribution is 5.80.